The lowest BCUT2D eigenvalue weighted by atomic mass is 10.1. The zero-order chi connectivity index (χ0) is 13.0. The van der Waals surface area contributed by atoms with Gasteiger partial charge in [-0.05, 0) is 6.07 Å². The maximum atomic E-state index is 9.36. The van der Waals surface area contributed by atoms with E-state index in [1.807, 2.05) is 4.90 Å². The van der Waals surface area contributed by atoms with Gasteiger partial charge in [0.05, 0.1) is 37.7 Å². The van der Waals surface area contributed by atoms with Crippen molar-refractivity contribution < 1.29 is 15.1 Å². The molecule has 1 saturated heterocycles. The lowest BCUT2D eigenvalue weighted by Crippen LogP contribution is -2.48. The molecule has 1 atom stereocenters. The van der Waals surface area contributed by atoms with E-state index in [1.165, 1.54) is 0 Å². The van der Waals surface area contributed by atoms with Crippen molar-refractivity contribution in [1.29, 1.82) is 0 Å². The maximum absolute atomic E-state index is 9.36. The molecule has 0 saturated carbocycles. The number of amidine groups is 1. The Hall–Kier alpha value is -1.86. The summed E-state index contributed by atoms with van der Waals surface area (Å²) in [7, 11) is 0. The van der Waals surface area contributed by atoms with Gasteiger partial charge in [0.1, 0.15) is 0 Å². The number of oxime groups is 1. The molecule has 0 radical (unpaired) electrons. The topological polar surface area (TPSA) is 104 Å². The molecule has 0 aliphatic carbocycles. The highest BCUT2D eigenvalue weighted by Crippen LogP contribution is 2.23. The number of nitrogens with two attached hydrogens (primary N) is 1. The van der Waals surface area contributed by atoms with Crippen LogP contribution in [0.5, 0.6) is 0 Å². The summed E-state index contributed by atoms with van der Waals surface area (Å²) >= 11 is 0. The van der Waals surface area contributed by atoms with Crippen LogP contribution in [0.15, 0.2) is 23.6 Å². The number of rotatable bonds is 3. The number of anilines is 1. The number of nitrogens with zero attached hydrogens (tertiary/aromatic N) is 3. The second-order valence-corrected chi connectivity index (χ2v) is 3.98. The second-order valence-electron chi connectivity index (χ2n) is 3.98. The monoisotopic (exact) mass is 252 g/mol. The normalized spacial score (nSPS) is 21.1. The number of hydrogen-bond acceptors (Lipinski definition) is 6. The first-order valence-electron chi connectivity index (χ1n) is 5.65. The molecule has 2 heterocycles. The molecule has 18 heavy (non-hydrogen) atoms. The number of pyridine rings is 1. The van der Waals surface area contributed by atoms with Crippen molar-refractivity contribution in [3.05, 3.63) is 24.0 Å². The van der Waals surface area contributed by atoms with E-state index >= 15 is 0 Å². The molecule has 1 aromatic rings. The standard InChI is InChI=1S/C11H16N4O3/c12-11(14-17)9-1-2-13-5-10(9)15-3-4-18-7-8(15)6-16/h1-2,5,8,16-17H,3-4,6-7H2,(H2,12,14). The minimum absolute atomic E-state index is 0.0233. The van der Waals surface area contributed by atoms with Gasteiger partial charge in [0.2, 0.25) is 0 Å². The van der Waals surface area contributed by atoms with Crippen LogP contribution in [0.3, 0.4) is 0 Å². The van der Waals surface area contributed by atoms with Crippen molar-refractivity contribution in [2.24, 2.45) is 10.9 Å². The fraction of sp³-hybridized carbons (Fsp3) is 0.455. The minimum Gasteiger partial charge on any atom is -0.409 e. The summed E-state index contributed by atoms with van der Waals surface area (Å²) in [4.78, 5) is 6.01. The molecule has 7 heteroatoms. The predicted molar refractivity (Wildman–Crippen MR) is 65.8 cm³/mol. The van der Waals surface area contributed by atoms with Gasteiger partial charge in [0.15, 0.2) is 5.84 Å². The molecule has 1 aromatic heterocycles. The van der Waals surface area contributed by atoms with Gasteiger partial charge in [0.25, 0.3) is 0 Å². The first-order chi connectivity index (χ1) is 8.77. The highest BCUT2D eigenvalue weighted by Gasteiger charge is 2.25. The smallest absolute Gasteiger partial charge is 0.172 e. The number of aliphatic hydroxyl groups excluding tert-OH is 1. The van der Waals surface area contributed by atoms with Gasteiger partial charge in [-0.15, -0.1) is 0 Å². The molecule has 0 spiro atoms. The Kier molecular flexibility index (Phi) is 3.96. The van der Waals surface area contributed by atoms with Crippen LogP contribution in [0, 0.1) is 0 Å². The van der Waals surface area contributed by atoms with Gasteiger partial charge in [-0.3, -0.25) is 4.98 Å². The molecule has 1 aliphatic rings. The van der Waals surface area contributed by atoms with Gasteiger partial charge < -0.3 is 25.7 Å². The van der Waals surface area contributed by atoms with Crippen LogP contribution in [-0.2, 0) is 4.74 Å². The Morgan fingerprint density at radius 2 is 2.50 bits per heavy atom. The summed E-state index contributed by atoms with van der Waals surface area (Å²) in [5.41, 5.74) is 6.96. The molecule has 7 nitrogen and oxygen atoms in total. The van der Waals surface area contributed by atoms with Crippen molar-refractivity contribution in [2.45, 2.75) is 6.04 Å². The Morgan fingerprint density at radius 3 is 3.22 bits per heavy atom. The molecule has 0 amide bonds. The van der Waals surface area contributed by atoms with Gasteiger partial charge >= 0.3 is 0 Å². The van der Waals surface area contributed by atoms with Crippen LogP contribution in [0.25, 0.3) is 0 Å². The number of aromatic nitrogens is 1. The summed E-state index contributed by atoms with van der Waals surface area (Å²) in [6.07, 6.45) is 3.21. The second kappa shape index (κ2) is 5.65. The van der Waals surface area contributed by atoms with Crippen molar-refractivity contribution in [2.75, 3.05) is 31.3 Å². The van der Waals surface area contributed by atoms with Gasteiger partial charge in [-0.2, -0.15) is 0 Å². The van der Waals surface area contributed by atoms with E-state index in [-0.39, 0.29) is 18.5 Å². The highest BCUT2D eigenvalue weighted by atomic mass is 16.5. The van der Waals surface area contributed by atoms with Crippen LogP contribution >= 0.6 is 0 Å². The largest absolute Gasteiger partial charge is 0.409 e. The molecule has 1 unspecified atom stereocenters. The summed E-state index contributed by atoms with van der Waals surface area (Å²) in [5, 5.41) is 21.2. The zero-order valence-corrected chi connectivity index (χ0v) is 9.86. The van der Waals surface area contributed by atoms with E-state index in [0.717, 1.165) is 5.69 Å². The van der Waals surface area contributed by atoms with Crippen molar-refractivity contribution in [1.82, 2.24) is 4.98 Å². The van der Waals surface area contributed by atoms with Crippen LogP contribution in [0.4, 0.5) is 5.69 Å². The van der Waals surface area contributed by atoms with Crippen LogP contribution < -0.4 is 10.6 Å². The molecule has 2 rings (SSSR count). The third-order valence-corrected chi connectivity index (χ3v) is 2.93. The summed E-state index contributed by atoms with van der Waals surface area (Å²) < 4.78 is 5.32. The first kappa shape index (κ1) is 12.6. The van der Waals surface area contributed by atoms with Crippen LogP contribution in [0.2, 0.25) is 0 Å². The van der Waals surface area contributed by atoms with Crippen molar-refractivity contribution in [3.8, 4) is 0 Å². The lowest BCUT2D eigenvalue weighted by Gasteiger charge is -2.36. The van der Waals surface area contributed by atoms with Gasteiger partial charge in [-0.25, -0.2) is 0 Å². The van der Waals surface area contributed by atoms with E-state index in [0.29, 0.717) is 25.3 Å². The molecule has 98 valence electrons. The van der Waals surface area contributed by atoms with Gasteiger partial charge in [0, 0.05) is 18.3 Å². The fourth-order valence-electron chi connectivity index (χ4n) is 2.01. The van der Waals surface area contributed by atoms with E-state index < -0.39 is 0 Å². The van der Waals surface area contributed by atoms with Crippen LogP contribution in [0.1, 0.15) is 5.56 Å². The number of morpholine rings is 1. The van der Waals surface area contributed by atoms with Crippen molar-refractivity contribution >= 4 is 11.5 Å². The van der Waals surface area contributed by atoms with E-state index in [2.05, 4.69) is 10.1 Å². The minimum atomic E-state index is -0.145. The quantitative estimate of drug-likeness (QED) is 0.286. The number of hydrogen-bond donors (Lipinski definition) is 3. The molecule has 0 aromatic carbocycles. The number of aliphatic hydroxyl groups is 1. The SMILES string of the molecule is N/C(=N/O)c1ccncc1N1CCOCC1CO. The van der Waals surface area contributed by atoms with E-state index in [1.54, 1.807) is 18.5 Å². The number of ether oxygens (including phenoxy) is 1. The highest BCUT2D eigenvalue weighted by molar-refractivity contribution is 6.02. The van der Waals surface area contributed by atoms with E-state index in [9.17, 15) is 5.11 Å². The van der Waals surface area contributed by atoms with Crippen molar-refractivity contribution in [3.63, 3.8) is 0 Å². The van der Waals surface area contributed by atoms with Crippen LogP contribution in [-0.4, -0.2) is 53.5 Å². The Labute approximate surface area is 104 Å². The zero-order valence-electron chi connectivity index (χ0n) is 9.86. The molecular weight excluding hydrogens is 236 g/mol. The lowest BCUT2D eigenvalue weighted by molar-refractivity contribution is 0.0726. The summed E-state index contributed by atoms with van der Waals surface area (Å²) in [6, 6.07) is 1.53. The third kappa shape index (κ3) is 2.36. The first-order valence-corrected chi connectivity index (χ1v) is 5.65. The molecule has 1 fully saturated rings. The fourth-order valence-corrected chi connectivity index (χ4v) is 2.01. The Bertz CT molecular complexity index is 438. The average Bonchev–Trinajstić information content (AvgIpc) is 2.46. The van der Waals surface area contributed by atoms with Gasteiger partial charge in [-0.1, -0.05) is 5.16 Å². The molecule has 1 aliphatic heterocycles. The molecular formula is C11H16N4O3. The maximum Gasteiger partial charge on any atom is 0.172 e. The summed E-state index contributed by atoms with van der Waals surface area (Å²) in [5.74, 6) is 0.0237. The van der Waals surface area contributed by atoms with E-state index in [4.69, 9.17) is 15.7 Å². The summed E-state index contributed by atoms with van der Waals surface area (Å²) in [6.45, 7) is 1.62. The Balaban J connectivity index is 2.37. The molecule has 0 bridgehead atoms. The molecule has 4 N–H and O–H groups in total. The average molecular weight is 252 g/mol. The third-order valence-electron chi connectivity index (χ3n) is 2.93. The Morgan fingerprint density at radius 1 is 1.67 bits per heavy atom. The predicted octanol–water partition coefficient (Wildman–Crippen LogP) is -0.626.